The lowest BCUT2D eigenvalue weighted by Gasteiger charge is -2.18. The van der Waals surface area contributed by atoms with Crippen molar-refractivity contribution in [3.8, 4) is 0 Å². The Labute approximate surface area is 207 Å². The molecule has 0 fully saturated rings. The van der Waals surface area contributed by atoms with Crippen LogP contribution in [0.2, 0.25) is 0 Å². The van der Waals surface area contributed by atoms with Gasteiger partial charge in [-0.3, -0.25) is 19.2 Å². The van der Waals surface area contributed by atoms with Gasteiger partial charge in [0.25, 0.3) is 0 Å². The third kappa shape index (κ3) is 4.68. The number of amides is 1. The summed E-state index contributed by atoms with van der Waals surface area (Å²) >= 11 is 0. The van der Waals surface area contributed by atoms with Crippen molar-refractivity contribution in [2.45, 2.75) is 19.9 Å². The van der Waals surface area contributed by atoms with Gasteiger partial charge in [-0.2, -0.15) is 5.10 Å². The van der Waals surface area contributed by atoms with Crippen molar-refractivity contribution < 1.29 is 18.7 Å². The number of nitrogens with zero attached hydrogens (tertiary/aromatic N) is 3. The van der Waals surface area contributed by atoms with Gasteiger partial charge in [0.1, 0.15) is 5.82 Å². The summed E-state index contributed by atoms with van der Waals surface area (Å²) in [6.45, 7) is 2.41. The number of fused-ring (bicyclic) bond motifs is 2. The number of rotatable bonds is 8. The lowest BCUT2D eigenvalue weighted by molar-refractivity contribution is -0.142. The fourth-order valence-corrected chi connectivity index (χ4v) is 4.35. The van der Waals surface area contributed by atoms with Crippen LogP contribution in [0, 0.1) is 5.82 Å². The van der Waals surface area contributed by atoms with Gasteiger partial charge < -0.3 is 4.74 Å². The van der Waals surface area contributed by atoms with Crippen molar-refractivity contribution in [2.75, 3.05) is 11.5 Å². The predicted octanol–water partition coefficient (Wildman–Crippen LogP) is 5.78. The summed E-state index contributed by atoms with van der Waals surface area (Å²) in [5.74, 6) is -0.751. The van der Waals surface area contributed by atoms with Crippen molar-refractivity contribution >= 4 is 45.4 Å². The Morgan fingerprint density at radius 2 is 1.72 bits per heavy atom. The van der Waals surface area contributed by atoms with E-state index >= 15 is 0 Å². The molecule has 6 nitrogen and oxygen atoms in total. The molecule has 1 heterocycles. The number of halogens is 1. The standard InChI is InChI=1S/C29H24FN3O3/c1-2-36-29(35)17-27-26-14-10-23(30)16-28(26)33(31-27)18-20-7-11-24(12-8-20)32(19-34)25-13-9-21-5-3-4-6-22(21)15-25/h3-16,19H,2,17-18H2,1H3. The number of ether oxygens (including phenoxy) is 1. The number of esters is 1. The molecule has 1 amide bonds. The Hall–Kier alpha value is -4.52. The van der Waals surface area contributed by atoms with Crippen LogP contribution in [0.15, 0.2) is 84.9 Å². The van der Waals surface area contributed by atoms with E-state index in [4.69, 9.17) is 4.74 Å². The first-order chi connectivity index (χ1) is 17.6. The molecule has 0 atom stereocenters. The third-order valence-electron chi connectivity index (χ3n) is 6.07. The van der Waals surface area contributed by atoms with E-state index in [9.17, 15) is 14.0 Å². The Bertz CT molecular complexity index is 1560. The van der Waals surface area contributed by atoms with Crippen LogP contribution in [0.4, 0.5) is 15.8 Å². The second-order valence-corrected chi connectivity index (χ2v) is 8.42. The molecule has 0 aliphatic rings. The quantitative estimate of drug-likeness (QED) is 0.208. The maximum Gasteiger partial charge on any atom is 0.311 e. The first-order valence-corrected chi connectivity index (χ1v) is 11.7. The van der Waals surface area contributed by atoms with Crippen LogP contribution >= 0.6 is 0 Å². The number of carbonyl (C=O) groups excluding carboxylic acids is 2. The zero-order valence-electron chi connectivity index (χ0n) is 19.7. The number of benzene rings is 4. The second-order valence-electron chi connectivity index (χ2n) is 8.42. The average Bonchev–Trinajstić information content (AvgIpc) is 3.21. The normalized spacial score (nSPS) is 11.1. The van der Waals surface area contributed by atoms with Crippen LogP contribution in [-0.2, 0) is 27.3 Å². The fraction of sp³-hybridized carbons (Fsp3) is 0.138. The van der Waals surface area contributed by atoms with Crippen molar-refractivity contribution in [1.82, 2.24) is 9.78 Å². The maximum atomic E-state index is 14.0. The highest BCUT2D eigenvalue weighted by Gasteiger charge is 2.16. The molecule has 180 valence electrons. The summed E-state index contributed by atoms with van der Waals surface area (Å²) < 4.78 is 20.8. The number of carbonyl (C=O) groups is 2. The molecule has 0 bridgehead atoms. The van der Waals surface area contributed by atoms with Crippen LogP contribution in [0.1, 0.15) is 18.2 Å². The van der Waals surface area contributed by atoms with E-state index in [0.29, 0.717) is 23.1 Å². The highest BCUT2D eigenvalue weighted by atomic mass is 19.1. The minimum absolute atomic E-state index is 0.0158. The van der Waals surface area contributed by atoms with E-state index in [2.05, 4.69) is 5.10 Å². The molecule has 5 rings (SSSR count). The molecule has 36 heavy (non-hydrogen) atoms. The first-order valence-electron chi connectivity index (χ1n) is 11.7. The van der Waals surface area contributed by atoms with Crippen molar-refractivity contribution in [3.05, 3.63) is 102 Å². The highest BCUT2D eigenvalue weighted by Crippen LogP contribution is 2.28. The van der Waals surface area contributed by atoms with Crippen molar-refractivity contribution in [1.29, 1.82) is 0 Å². The molecule has 0 saturated carbocycles. The largest absolute Gasteiger partial charge is 0.466 e. The SMILES string of the molecule is CCOC(=O)Cc1nn(Cc2ccc(N(C=O)c3ccc4ccccc4c3)cc2)c2cc(F)ccc12. The van der Waals surface area contributed by atoms with Gasteiger partial charge in [-0.1, -0.05) is 42.5 Å². The minimum atomic E-state index is -0.376. The lowest BCUT2D eigenvalue weighted by Crippen LogP contribution is -2.14. The van der Waals surface area contributed by atoms with Crippen LogP contribution in [0.3, 0.4) is 0 Å². The molecular formula is C29H24FN3O3. The Balaban J connectivity index is 1.41. The topological polar surface area (TPSA) is 64.4 Å². The number of hydrogen-bond acceptors (Lipinski definition) is 4. The van der Waals surface area contributed by atoms with Gasteiger partial charge in [-0.25, -0.2) is 4.39 Å². The van der Waals surface area contributed by atoms with Crippen molar-refractivity contribution in [3.63, 3.8) is 0 Å². The Kier molecular flexibility index (Phi) is 6.45. The summed E-state index contributed by atoms with van der Waals surface area (Å²) in [6, 6.07) is 25.8. The van der Waals surface area contributed by atoms with E-state index in [-0.39, 0.29) is 24.8 Å². The summed E-state index contributed by atoms with van der Waals surface area (Å²) in [5, 5.41) is 7.45. The van der Waals surface area contributed by atoms with Crippen LogP contribution < -0.4 is 4.90 Å². The van der Waals surface area contributed by atoms with Gasteiger partial charge in [-0.05, 0) is 65.7 Å². The molecule has 0 aliphatic carbocycles. The zero-order valence-corrected chi connectivity index (χ0v) is 19.7. The average molecular weight is 482 g/mol. The molecule has 0 spiro atoms. The van der Waals surface area contributed by atoms with E-state index < -0.39 is 0 Å². The summed E-state index contributed by atoms with van der Waals surface area (Å²) in [7, 11) is 0. The molecule has 0 aliphatic heterocycles. The number of hydrogen-bond donors (Lipinski definition) is 0. The maximum absolute atomic E-state index is 14.0. The van der Waals surface area contributed by atoms with Crippen LogP contribution in [0.5, 0.6) is 0 Å². The molecule has 4 aromatic carbocycles. The number of anilines is 2. The lowest BCUT2D eigenvalue weighted by atomic mass is 10.1. The molecule has 1 aromatic heterocycles. The first kappa shape index (κ1) is 23.2. The van der Waals surface area contributed by atoms with Gasteiger partial charge >= 0.3 is 5.97 Å². The molecule has 0 radical (unpaired) electrons. The van der Waals surface area contributed by atoms with Crippen LogP contribution in [-0.4, -0.2) is 28.8 Å². The van der Waals surface area contributed by atoms with Gasteiger partial charge in [0, 0.05) is 16.8 Å². The van der Waals surface area contributed by atoms with Crippen LogP contribution in [0.25, 0.3) is 21.7 Å². The summed E-state index contributed by atoms with van der Waals surface area (Å²) in [4.78, 5) is 25.6. The third-order valence-corrected chi connectivity index (χ3v) is 6.07. The second kappa shape index (κ2) is 10.00. The van der Waals surface area contributed by atoms with Gasteiger partial charge in [0.2, 0.25) is 6.41 Å². The van der Waals surface area contributed by atoms with E-state index in [0.717, 1.165) is 34.1 Å². The molecule has 7 heteroatoms. The van der Waals surface area contributed by atoms with E-state index in [1.807, 2.05) is 66.7 Å². The Morgan fingerprint density at radius 3 is 2.47 bits per heavy atom. The van der Waals surface area contributed by atoms with E-state index in [1.165, 1.54) is 12.1 Å². The summed E-state index contributed by atoms with van der Waals surface area (Å²) in [5.41, 5.74) is 3.56. The molecule has 5 aromatic rings. The monoisotopic (exact) mass is 481 g/mol. The van der Waals surface area contributed by atoms with Gasteiger partial charge in [0.15, 0.2) is 0 Å². The number of aromatic nitrogens is 2. The smallest absolute Gasteiger partial charge is 0.311 e. The molecule has 0 saturated heterocycles. The highest BCUT2D eigenvalue weighted by molar-refractivity contribution is 5.93. The fourth-order valence-electron chi connectivity index (χ4n) is 4.35. The van der Waals surface area contributed by atoms with Gasteiger partial charge in [0.05, 0.1) is 30.8 Å². The molecular weight excluding hydrogens is 457 g/mol. The van der Waals surface area contributed by atoms with E-state index in [1.54, 1.807) is 22.6 Å². The molecule has 0 N–H and O–H groups in total. The predicted molar refractivity (Wildman–Crippen MR) is 138 cm³/mol. The molecule has 0 unspecified atom stereocenters. The van der Waals surface area contributed by atoms with Crippen molar-refractivity contribution in [2.24, 2.45) is 0 Å². The Morgan fingerprint density at radius 1 is 0.972 bits per heavy atom. The minimum Gasteiger partial charge on any atom is -0.466 e. The summed E-state index contributed by atoms with van der Waals surface area (Å²) in [6.07, 6.45) is 0.812. The zero-order chi connectivity index (χ0) is 25.1. The van der Waals surface area contributed by atoms with Gasteiger partial charge in [-0.15, -0.1) is 0 Å².